The lowest BCUT2D eigenvalue weighted by atomic mass is 9.80. The minimum absolute atomic E-state index is 0.130. The third-order valence-corrected chi connectivity index (χ3v) is 5.92. The molecule has 8 heteroatoms. The molecule has 0 radical (unpaired) electrons. The number of aromatic nitrogens is 4. The first-order valence-corrected chi connectivity index (χ1v) is 9.27. The number of hydrogen-bond acceptors (Lipinski definition) is 7. The monoisotopic (exact) mass is 364 g/mol. The molecule has 5 rings (SSSR count). The molecule has 1 aliphatic heterocycles. The van der Waals surface area contributed by atoms with E-state index < -0.39 is 0 Å². The summed E-state index contributed by atoms with van der Waals surface area (Å²) in [4.78, 5) is 22.9. The van der Waals surface area contributed by atoms with Crippen LogP contribution in [0, 0.1) is 0 Å². The minimum Gasteiger partial charge on any atom is -0.366 e. The number of nitrogen functional groups attached to an aromatic ring is 1. The smallest absolute Gasteiger partial charge is 0.241 e. The Hall–Kier alpha value is -3.00. The molecule has 3 aromatic rings. The van der Waals surface area contributed by atoms with Crippen molar-refractivity contribution >= 4 is 29.0 Å². The predicted molar refractivity (Wildman–Crippen MR) is 98.8 cm³/mol. The number of anilines is 2. The Morgan fingerprint density at radius 2 is 2.19 bits per heavy atom. The number of pyridine rings is 1. The second kappa shape index (κ2) is 5.77. The molecule has 1 aliphatic carbocycles. The molecule has 3 N–H and O–H groups in total. The Kier molecular flexibility index (Phi) is 3.39. The van der Waals surface area contributed by atoms with Crippen LogP contribution in [-0.2, 0) is 4.79 Å². The van der Waals surface area contributed by atoms with Gasteiger partial charge in [0.2, 0.25) is 11.9 Å². The van der Waals surface area contributed by atoms with E-state index in [9.17, 15) is 4.79 Å². The normalized spacial score (nSPS) is 21.9. The van der Waals surface area contributed by atoms with E-state index in [1.165, 1.54) is 4.88 Å². The van der Waals surface area contributed by atoms with E-state index in [4.69, 9.17) is 5.73 Å². The first-order chi connectivity index (χ1) is 12.7. The van der Waals surface area contributed by atoms with Crippen molar-refractivity contribution in [1.29, 1.82) is 0 Å². The number of thiophene rings is 1. The fraction of sp³-hybridized carbons (Fsp3) is 0.222. The molecule has 7 nitrogen and oxygen atoms in total. The molecule has 0 saturated heterocycles. The van der Waals surface area contributed by atoms with E-state index in [2.05, 4.69) is 26.4 Å². The topological polar surface area (TPSA) is 98.7 Å². The second-order valence-corrected chi connectivity index (χ2v) is 7.47. The summed E-state index contributed by atoms with van der Waals surface area (Å²) in [6.45, 7) is 0. The van der Waals surface area contributed by atoms with Crippen molar-refractivity contribution in [3.63, 3.8) is 0 Å². The van der Waals surface area contributed by atoms with Gasteiger partial charge in [0, 0.05) is 40.9 Å². The maximum atomic E-state index is 13.1. The average Bonchev–Trinajstić information content (AvgIpc) is 3.29. The molecule has 0 bridgehead atoms. The largest absolute Gasteiger partial charge is 0.366 e. The van der Waals surface area contributed by atoms with Gasteiger partial charge in [-0.3, -0.25) is 9.78 Å². The third-order valence-electron chi connectivity index (χ3n) is 4.88. The van der Waals surface area contributed by atoms with Crippen LogP contribution in [0.15, 0.2) is 53.3 Å². The van der Waals surface area contributed by atoms with Crippen LogP contribution in [0.25, 0.3) is 0 Å². The number of nitrogens with zero attached hydrogens (tertiary/aromatic N) is 4. The molecule has 0 unspecified atom stereocenters. The van der Waals surface area contributed by atoms with Crippen molar-refractivity contribution < 1.29 is 4.79 Å². The van der Waals surface area contributed by atoms with E-state index in [1.54, 1.807) is 28.4 Å². The van der Waals surface area contributed by atoms with Crippen LogP contribution in [0.3, 0.4) is 0 Å². The van der Waals surface area contributed by atoms with E-state index in [0.717, 1.165) is 23.3 Å². The summed E-state index contributed by atoms with van der Waals surface area (Å²) in [5.74, 6) is 1.07. The zero-order valence-electron chi connectivity index (χ0n) is 13.8. The molecular weight excluding hydrogens is 348 g/mol. The fourth-order valence-electron chi connectivity index (χ4n) is 3.80. The lowest BCUT2D eigenvalue weighted by molar-refractivity contribution is -0.116. The van der Waals surface area contributed by atoms with E-state index >= 15 is 0 Å². The van der Waals surface area contributed by atoms with Crippen LogP contribution in [0.1, 0.15) is 35.2 Å². The fourth-order valence-corrected chi connectivity index (χ4v) is 4.63. The molecular formula is C18H16N6OS. The zero-order valence-corrected chi connectivity index (χ0v) is 14.6. The second-order valence-electron chi connectivity index (χ2n) is 6.49. The number of ketones is 1. The summed E-state index contributed by atoms with van der Waals surface area (Å²) in [6, 6.07) is 7.58. The van der Waals surface area contributed by atoms with Crippen molar-refractivity contribution in [2.24, 2.45) is 0 Å². The molecule has 0 saturated carbocycles. The molecule has 4 heterocycles. The Bertz CT molecular complexity index is 1010. The highest BCUT2D eigenvalue weighted by atomic mass is 32.1. The number of carbonyl (C=O) groups excluding carboxylic acids is 1. The van der Waals surface area contributed by atoms with Crippen LogP contribution in [0.4, 0.5) is 11.9 Å². The Morgan fingerprint density at radius 3 is 2.96 bits per heavy atom. The van der Waals surface area contributed by atoms with Crippen molar-refractivity contribution in [3.05, 3.63) is 63.7 Å². The van der Waals surface area contributed by atoms with Gasteiger partial charge in [-0.2, -0.15) is 4.98 Å². The van der Waals surface area contributed by atoms with E-state index in [0.29, 0.717) is 12.4 Å². The molecule has 2 aliphatic rings. The highest BCUT2D eigenvalue weighted by Gasteiger charge is 2.39. The van der Waals surface area contributed by atoms with Gasteiger partial charge in [-0.1, -0.05) is 12.1 Å². The molecule has 26 heavy (non-hydrogen) atoms. The van der Waals surface area contributed by atoms with Crippen LogP contribution < -0.4 is 11.1 Å². The van der Waals surface area contributed by atoms with Crippen LogP contribution in [-0.4, -0.2) is 25.5 Å². The number of Topliss-reactive ketones (excluding diaryl/α,β-unsaturated/α-hetero) is 1. The van der Waals surface area contributed by atoms with Crippen molar-refractivity contribution in [1.82, 2.24) is 19.7 Å². The SMILES string of the molecule is Nc1nc2n(n1)[C@H](c1cccnc1)C1=C(C[C@H](c3cccs3)CC1=O)N2. The maximum absolute atomic E-state index is 13.1. The van der Waals surface area contributed by atoms with Crippen LogP contribution in [0.2, 0.25) is 0 Å². The summed E-state index contributed by atoms with van der Waals surface area (Å²) in [6.07, 6.45) is 4.75. The summed E-state index contributed by atoms with van der Waals surface area (Å²) in [7, 11) is 0. The van der Waals surface area contributed by atoms with Crippen molar-refractivity contribution in [2.45, 2.75) is 24.8 Å². The lowest BCUT2D eigenvalue weighted by Gasteiger charge is -2.34. The Labute approximate surface area is 153 Å². The first-order valence-electron chi connectivity index (χ1n) is 8.39. The predicted octanol–water partition coefficient (Wildman–Crippen LogP) is 2.73. The Morgan fingerprint density at radius 1 is 1.27 bits per heavy atom. The standard InChI is InChI=1S/C18H16N6OS/c19-17-22-18-21-12-7-11(14-4-2-6-26-14)8-13(25)15(12)16(24(18)23-17)10-3-1-5-20-9-10/h1-6,9,11,16H,7-8H2,(H3,19,21,22,23)/t11-,16+/m0/s1. The molecule has 0 spiro atoms. The first kappa shape index (κ1) is 15.3. The summed E-state index contributed by atoms with van der Waals surface area (Å²) in [5, 5.41) is 9.66. The van der Waals surface area contributed by atoms with Gasteiger partial charge >= 0.3 is 0 Å². The van der Waals surface area contributed by atoms with Gasteiger partial charge in [0.05, 0.1) is 0 Å². The van der Waals surface area contributed by atoms with Crippen LogP contribution >= 0.6 is 11.3 Å². The van der Waals surface area contributed by atoms with Gasteiger partial charge in [-0.15, -0.1) is 16.4 Å². The van der Waals surface area contributed by atoms with Gasteiger partial charge in [0.15, 0.2) is 5.78 Å². The number of hydrogen-bond donors (Lipinski definition) is 2. The highest BCUT2D eigenvalue weighted by Crippen LogP contribution is 2.44. The number of nitrogens with two attached hydrogens (primary N) is 1. The zero-order chi connectivity index (χ0) is 17.7. The summed E-state index contributed by atoms with van der Waals surface area (Å²) in [5.41, 5.74) is 8.38. The van der Waals surface area contributed by atoms with Gasteiger partial charge in [0.25, 0.3) is 0 Å². The molecule has 3 aromatic heterocycles. The third kappa shape index (κ3) is 2.33. The molecule has 2 atom stereocenters. The van der Waals surface area contributed by atoms with Gasteiger partial charge in [-0.25, -0.2) is 4.68 Å². The maximum Gasteiger partial charge on any atom is 0.241 e. The molecule has 0 amide bonds. The molecule has 0 aromatic carbocycles. The minimum atomic E-state index is -0.350. The van der Waals surface area contributed by atoms with E-state index in [-0.39, 0.29) is 23.7 Å². The summed E-state index contributed by atoms with van der Waals surface area (Å²) < 4.78 is 1.69. The van der Waals surface area contributed by atoms with Gasteiger partial charge < -0.3 is 11.1 Å². The summed E-state index contributed by atoms with van der Waals surface area (Å²) >= 11 is 1.69. The van der Waals surface area contributed by atoms with Crippen molar-refractivity contribution in [2.75, 3.05) is 11.1 Å². The average molecular weight is 364 g/mol. The lowest BCUT2D eigenvalue weighted by Crippen LogP contribution is -2.33. The van der Waals surface area contributed by atoms with Crippen molar-refractivity contribution in [3.8, 4) is 0 Å². The van der Waals surface area contributed by atoms with Crippen LogP contribution in [0.5, 0.6) is 0 Å². The number of fused-ring (bicyclic) bond motifs is 1. The van der Waals surface area contributed by atoms with E-state index in [1.807, 2.05) is 23.6 Å². The Balaban J connectivity index is 1.64. The van der Waals surface area contributed by atoms with Gasteiger partial charge in [-0.05, 0) is 29.5 Å². The quantitative estimate of drug-likeness (QED) is 0.725. The van der Waals surface area contributed by atoms with Gasteiger partial charge in [0.1, 0.15) is 6.04 Å². The number of allylic oxidation sites excluding steroid dienone is 2. The number of carbonyl (C=O) groups is 1. The number of nitrogens with one attached hydrogen (secondary N) is 1. The highest BCUT2D eigenvalue weighted by molar-refractivity contribution is 7.10. The number of rotatable bonds is 2. The molecule has 0 fully saturated rings. The molecule has 130 valence electrons.